The maximum absolute atomic E-state index is 10.9. The van der Waals surface area contributed by atoms with Gasteiger partial charge in [0.2, 0.25) is 0 Å². The predicted octanol–water partition coefficient (Wildman–Crippen LogP) is -2.02. The standard InChI is InChI=1S/C12H18O10S/c13-1-8-9(14)10(15)11(16)12(22-8)21-4-6-2-20-3-7(6)5-23(17,18)19/h2-3,8-16H,1,4-5H2,(H,17,18,19). The lowest BCUT2D eigenvalue weighted by Gasteiger charge is -2.39. The molecular formula is C12H18O10S. The Labute approximate surface area is 131 Å². The smallest absolute Gasteiger partial charge is 0.269 e. The normalized spacial score (nSPS) is 32.1. The highest BCUT2D eigenvalue weighted by Gasteiger charge is 2.44. The molecular weight excluding hydrogens is 336 g/mol. The number of rotatable bonds is 6. The van der Waals surface area contributed by atoms with Crippen molar-refractivity contribution in [3.8, 4) is 0 Å². The van der Waals surface area contributed by atoms with Gasteiger partial charge in [-0.25, -0.2) is 0 Å². The van der Waals surface area contributed by atoms with Gasteiger partial charge in [-0.3, -0.25) is 4.55 Å². The lowest BCUT2D eigenvalue weighted by molar-refractivity contribution is -0.304. The zero-order chi connectivity index (χ0) is 17.2. The van der Waals surface area contributed by atoms with Crippen LogP contribution in [0.5, 0.6) is 0 Å². The van der Waals surface area contributed by atoms with Gasteiger partial charge < -0.3 is 34.3 Å². The summed E-state index contributed by atoms with van der Waals surface area (Å²) >= 11 is 0. The summed E-state index contributed by atoms with van der Waals surface area (Å²) in [7, 11) is -4.25. The summed E-state index contributed by atoms with van der Waals surface area (Å²) in [4.78, 5) is 0. The third-order valence-corrected chi connectivity index (χ3v) is 4.10. The highest BCUT2D eigenvalue weighted by Crippen LogP contribution is 2.24. The van der Waals surface area contributed by atoms with Gasteiger partial charge in [0.05, 0.1) is 25.7 Å². The van der Waals surface area contributed by atoms with Gasteiger partial charge >= 0.3 is 0 Å². The van der Waals surface area contributed by atoms with Gasteiger partial charge in [0.25, 0.3) is 10.1 Å². The zero-order valence-electron chi connectivity index (χ0n) is 11.8. The van der Waals surface area contributed by atoms with Crippen LogP contribution in [0.1, 0.15) is 11.1 Å². The third kappa shape index (κ3) is 4.49. The van der Waals surface area contributed by atoms with Crippen LogP contribution < -0.4 is 0 Å². The maximum atomic E-state index is 10.9. The van der Waals surface area contributed by atoms with E-state index in [2.05, 4.69) is 0 Å². The lowest BCUT2D eigenvalue weighted by Crippen LogP contribution is -2.59. The largest absolute Gasteiger partial charge is 0.472 e. The third-order valence-electron chi connectivity index (χ3n) is 3.42. The van der Waals surface area contributed by atoms with E-state index in [1.54, 1.807) is 0 Å². The van der Waals surface area contributed by atoms with E-state index in [1.807, 2.05) is 0 Å². The van der Waals surface area contributed by atoms with Crippen molar-refractivity contribution in [2.24, 2.45) is 0 Å². The molecule has 5 unspecified atom stereocenters. The second-order valence-electron chi connectivity index (χ2n) is 5.16. The van der Waals surface area contributed by atoms with Gasteiger partial charge in [0.1, 0.15) is 30.2 Å². The summed E-state index contributed by atoms with van der Waals surface area (Å²) in [5.41, 5.74) is 0.455. The van der Waals surface area contributed by atoms with Gasteiger partial charge in [0, 0.05) is 11.1 Å². The van der Waals surface area contributed by atoms with Crippen LogP contribution in [0.4, 0.5) is 0 Å². The van der Waals surface area contributed by atoms with Crippen LogP contribution in [0.25, 0.3) is 0 Å². The molecule has 1 aliphatic heterocycles. The van der Waals surface area contributed by atoms with Crippen LogP contribution in [0.3, 0.4) is 0 Å². The summed E-state index contributed by atoms with van der Waals surface area (Å²) in [6.45, 7) is -0.839. The van der Waals surface area contributed by atoms with Crippen molar-refractivity contribution in [2.75, 3.05) is 6.61 Å². The molecule has 132 valence electrons. The van der Waals surface area contributed by atoms with Gasteiger partial charge in [-0.05, 0) is 0 Å². The molecule has 0 saturated carbocycles. The number of hydrogen-bond acceptors (Lipinski definition) is 9. The summed E-state index contributed by atoms with van der Waals surface area (Å²) in [6, 6.07) is 0. The van der Waals surface area contributed by atoms with Crippen molar-refractivity contribution in [3.63, 3.8) is 0 Å². The molecule has 0 amide bonds. The Morgan fingerprint density at radius 1 is 1.09 bits per heavy atom. The van der Waals surface area contributed by atoms with Crippen LogP contribution in [0.15, 0.2) is 16.9 Å². The van der Waals surface area contributed by atoms with Crippen LogP contribution >= 0.6 is 0 Å². The molecule has 1 aromatic rings. The Bertz CT molecular complexity index is 609. The molecule has 1 fully saturated rings. The van der Waals surface area contributed by atoms with E-state index in [-0.39, 0.29) is 12.2 Å². The van der Waals surface area contributed by atoms with Crippen molar-refractivity contribution in [1.29, 1.82) is 0 Å². The Kier molecular flexibility index (Phi) is 5.75. The SMILES string of the molecule is O=S(=O)(O)Cc1cocc1COC1OC(CO)C(O)C(O)C1O. The molecule has 10 nitrogen and oxygen atoms in total. The monoisotopic (exact) mass is 354 g/mol. The van der Waals surface area contributed by atoms with Gasteiger partial charge in [-0.1, -0.05) is 0 Å². The second kappa shape index (κ2) is 7.23. The van der Waals surface area contributed by atoms with Crippen molar-refractivity contribution >= 4 is 10.1 Å². The molecule has 0 aliphatic carbocycles. The first-order chi connectivity index (χ1) is 10.7. The number of furan rings is 1. The molecule has 23 heavy (non-hydrogen) atoms. The first kappa shape index (κ1) is 18.3. The Morgan fingerprint density at radius 3 is 2.35 bits per heavy atom. The lowest BCUT2D eigenvalue weighted by atomic mass is 9.99. The molecule has 2 rings (SSSR count). The topological polar surface area (TPSA) is 167 Å². The van der Waals surface area contributed by atoms with Gasteiger partial charge in [-0.15, -0.1) is 0 Å². The highest BCUT2D eigenvalue weighted by atomic mass is 32.2. The van der Waals surface area contributed by atoms with E-state index < -0.39 is 53.2 Å². The predicted molar refractivity (Wildman–Crippen MR) is 72.5 cm³/mol. The second-order valence-corrected chi connectivity index (χ2v) is 6.61. The number of ether oxygens (including phenoxy) is 2. The van der Waals surface area contributed by atoms with Crippen LogP contribution in [0, 0.1) is 0 Å². The molecule has 5 N–H and O–H groups in total. The summed E-state index contributed by atoms with van der Waals surface area (Å²) in [6.07, 6.45) is -4.78. The van der Waals surface area contributed by atoms with Crippen molar-refractivity contribution in [1.82, 2.24) is 0 Å². The van der Waals surface area contributed by atoms with Crippen LogP contribution in [-0.2, 0) is 32.0 Å². The van der Waals surface area contributed by atoms with E-state index in [0.29, 0.717) is 5.56 Å². The average molecular weight is 354 g/mol. The molecule has 1 aromatic heterocycles. The molecule has 0 radical (unpaired) electrons. The van der Waals surface area contributed by atoms with Crippen molar-refractivity contribution < 1.29 is 47.3 Å². The van der Waals surface area contributed by atoms with Crippen LogP contribution in [-0.4, -0.2) is 70.7 Å². The minimum absolute atomic E-state index is 0.164. The zero-order valence-corrected chi connectivity index (χ0v) is 12.7. The first-order valence-corrected chi connectivity index (χ1v) is 8.25. The summed E-state index contributed by atoms with van der Waals surface area (Å²) < 4.78 is 45.9. The molecule has 1 aliphatic rings. The average Bonchev–Trinajstić information content (AvgIpc) is 2.89. The molecule has 1 saturated heterocycles. The number of hydrogen-bond donors (Lipinski definition) is 5. The van der Waals surface area contributed by atoms with E-state index in [1.165, 1.54) is 6.26 Å². The van der Waals surface area contributed by atoms with E-state index >= 15 is 0 Å². The summed E-state index contributed by atoms with van der Waals surface area (Å²) in [5, 5.41) is 38.1. The minimum Gasteiger partial charge on any atom is -0.472 e. The summed E-state index contributed by atoms with van der Waals surface area (Å²) in [5.74, 6) is -0.670. The van der Waals surface area contributed by atoms with Crippen molar-refractivity contribution in [3.05, 3.63) is 23.7 Å². The molecule has 11 heteroatoms. The maximum Gasteiger partial charge on any atom is 0.269 e. The fraction of sp³-hybridized carbons (Fsp3) is 0.667. The van der Waals surface area contributed by atoms with Crippen LogP contribution in [0.2, 0.25) is 0 Å². The fourth-order valence-corrected chi connectivity index (χ4v) is 2.82. The molecule has 0 spiro atoms. The van der Waals surface area contributed by atoms with E-state index in [0.717, 1.165) is 6.26 Å². The minimum atomic E-state index is -4.25. The first-order valence-electron chi connectivity index (χ1n) is 6.64. The quantitative estimate of drug-likeness (QED) is 0.360. The molecule has 0 bridgehead atoms. The van der Waals surface area contributed by atoms with Gasteiger partial charge in [0.15, 0.2) is 6.29 Å². The van der Waals surface area contributed by atoms with E-state index in [9.17, 15) is 23.7 Å². The van der Waals surface area contributed by atoms with Gasteiger partial charge in [-0.2, -0.15) is 8.42 Å². The number of aliphatic hydroxyl groups excluding tert-OH is 4. The van der Waals surface area contributed by atoms with E-state index in [4.69, 9.17) is 23.6 Å². The molecule has 5 atom stereocenters. The Balaban J connectivity index is 2.02. The van der Waals surface area contributed by atoms with Crippen molar-refractivity contribution in [2.45, 2.75) is 43.1 Å². The fourth-order valence-electron chi connectivity index (χ4n) is 2.18. The number of aliphatic hydroxyl groups is 4. The highest BCUT2D eigenvalue weighted by molar-refractivity contribution is 7.85. The molecule has 0 aromatic carbocycles. The molecule has 2 heterocycles. The Morgan fingerprint density at radius 2 is 1.74 bits per heavy atom. The Hall–Kier alpha value is -1.05.